The van der Waals surface area contributed by atoms with Gasteiger partial charge in [-0.05, 0) is 36.4 Å². The molecule has 0 unspecified atom stereocenters. The molecule has 1 aliphatic rings. The van der Waals surface area contributed by atoms with Crippen molar-refractivity contribution in [1.29, 1.82) is 0 Å². The Kier molecular flexibility index (Phi) is 5.77. The van der Waals surface area contributed by atoms with Gasteiger partial charge in [0.2, 0.25) is 0 Å². The number of para-hydroxylation sites is 1. The van der Waals surface area contributed by atoms with E-state index in [1.807, 2.05) is 48.5 Å². The van der Waals surface area contributed by atoms with Crippen LogP contribution in [0.4, 0.5) is 17.2 Å². The number of carbonyl (C=O) groups excluding carboxylic acids is 1. The molecule has 11 nitrogen and oxygen atoms in total. The Balaban J connectivity index is 1.37. The molecule has 6 rings (SSSR count). The lowest BCUT2D eigenvalue weighted by Gasteiger charge is -2.31. The van der Waals surface area contributed by atoms with E-state index >= 15 is 0 Å². The van der Waals surface area contributed by atoms with Crippen molar-refractivity contribution in [2.45, 2.75) is 6.54 Å². The number of carbonyl (C=O) groups is 1. The summed E-state index contributed by atoms with van der Waals surface area (Å²) in [6, 6.07) is 17.2. The molecular weight excluding hydrogens is 492 g/mol. The van der Waals surface area contributed by atoms with E-state index in [9.17, 15) is 9.59 Å². The fraction of sp³-hybridized carbons (Fsp3) is 0.160. The quantitative estimate of drug-likeness (QED) is 0.353. The van der Waals surface area contributed by atoms with Gasteiger partial charge in [0.1, 0.15) is 29.8 Å². The van der Waals surface area contributed by atoms with Crippen molar-refractivity contribution in [2.75, 3.05) is 30.3 Å². The van der Waals surface area contributed by atoms with Gasteiger partial charge in [-0.15, -0.1) is 11.3 Å². The summed E-state index contributed by atoms with van der Waals surface area (Å²) < 4.78 is 9.01. The molecule has 3 aromatic heterocycles. The molecular formula is C25H22N8O3S. The summed E-state index contributed by atoms with van der Waals surface area (Å²) in [5.74, 6) is 0.319. The monoisotopic (exact) mass is 514 g/mol. The second-order valence-electron chi connectivity index (χ2n) is 8.34. The molecule has 4 heterocycles. The highest BCUT2D eigenvalue weighted by Gasteiger charge is 2.22. The lowest BCUT2D eigenvalue weighted by molar-refractivity contribution is 0.0956. The number of nitrogens with zero attached hydrogens (tertiary/aromatic N) is 6. The van der Waals surface area contributed by atoms with E-state index in [0.29, 0.717) is 47.2 Å². The molecule has 1 aliphatic heterocycles. The molecule has 0 radical (unpaired) electrons. The van der Waals surface area contributed by atoms with Crippen molar-refractivity contribution < 1.29 is 9.53 Å². The Morgan fingerprint density at radius 3 is 2.81 bits per heavy atom. The molecule has 12 heteroatoms. The van der Waals surface area contributed by atoms with Crippen LogP contribution in [0.2, 0.25) is 0 Å². The average Bonchev–Trinajstić information content (AvgIpc) is 3.59. The van der Waals surface area contributed by atoms with E-state index in [4.69, 9.17) is 10.5 Å². The van der Waals surface area contributed by atoms with Crippen molar-refractivity contribution in [1.82, 2.24) is 29.6 Å². The number of nitrogen functional groups attached to an aromatic ring is 1. The first-order chi connectivity index (χ1) is 18.1. The summed E-state index contributed by atoms with van der Waals surface area (Å²) in [4.78, 5) is 37.3. The highest BCUT2D eigenvalue weighted by Crippen LogP contribution is 2.38. The minimum atomic E-state index is -0.452. The summed E-state index contributed by atoms with van der Waals surface area (Å²) in [6.07, 6.45) is 3.02. The minimum absolute atomic E-state index is 0.138. The van der Waals surface area contributed by atoms with Crippen molar-refractivity contribution in [2.24, 2.45) is 0 Å². The van der Waals surface area contributed by atoms with E-state index in [0.717, 1.165) is 17.1 Å². The second-order valence-corrected chi connectivity index (χ2v) is 9.37. The Hall–Kier alpha value is -4.71. The number of nitrogens with one attached hydrogen (secondary N) is 1. The van der Waals surface area contributed by atoms with Crippen molar-refractivity contribution in [3.05, 3.63) is 82.5 Å². The number of nitrogens with two attached hydrogens (primary N) is 1. The summed E-state index contributed by atoms with van der Waals surface area (Å²) >= 11 is 1.18. The molecule has 2 aromatic carbocycles. The highest BCUT2D eigenvalue weighted by molar-refractivity contribution is 7.20. The lowest BCUT2D eigenvalue weighted by Crippen LogP contribution is -2.29. The fourth-order valence-corrected chi connectivity index (χ4v) is 5.24. The third-order valence-corrected chi connectivity index (χ3v) is 7.04. The maximum Gasteiger partial charge on any atom is 0.298 e. The maximum absolute atomic E-state index is 13.2. The molecule has 0 saturated carbocycles. The molecule has 1 amide bonds. The van der Waals surface area contributed by atoms with Crippen LogP contribution in [-0.4, -0.2) is 49.9 Å². The van der Waals surface area contributed by atoms with Gasteiger partial charge in [-0.3, -0.25) is 18.8 Å². The standard InChI is InChI=1S/C25H22N8O3S/c26-22-25(35)33(17-6-7-20-18(12-17)32(10-11-36-20)16-4-2-1-3-5-16)19-13-21(37-24(19)30-22)23(34)28-8-9-31-15-27-14-29-31/h1-7,12-15H,8-11H2,(H2,26,30)(H,28,34). The number of ether oxygens (including phenoxy) is 1. The number of aromatic nitrogens is 5. The van der Waals surface area contributed by atoms with E-state index < -0.39 is 5.56 Å². The molecule has 0 atom stereocenters. The number of fused-ring (bicyclic) bond motifs is 2. The van der Waals surface area contributed by atoms with Crippen molar-refractivity contribution in [3.63, 3.8) is 0 Å². The number of amides is 1. The van der Waals surface area contributed by atoms with Crippen LogP contribution in [0.1, 0.15) is 9.67 Å². The Labute approximate surface area is 214 Å². The SMILES string of the molecule is Nc1nc2sc(C(=O)NCCn3cncn3)cc2n(-c2ccc3c(c2)N(c2ccccc2)CCO3)c1=O. The number of anilines is 3. The zero-order chi connectivity index (χ0) is 25.4. The molecule has 0 aliphatic carbocycles. The van der Waals surface area contributed by atoms with Gasteiger partial charge < -0.3 is 20.7 Å². The fourth-order valence-electron chi connectivity index (χ4n) is 4.30. The third-order valence-electron chi connectivity index (χ3n) is 6.03. The first-order valence-electron chi connectivity index (χ1n) is 11.6. The maximum atomic E-state index is 13.2. The van der Waals surface area contributed by atoms with Crippen LogP contribution in [0.15, 0.2) is 72.0 Å². The number of hydrogen-bond donors (Lipinski definition) is 2. The predicted octanol–water partition coefficient (Wildman–Crippen LogP) is 2.58. The number of thiophene rings is 1. The normalized spacial score (nSPS) is 12.8. The van der Waals surface area contributed by atoms with Gasteiger partial charge in [-0.25, -0.2) is 9.97 Å². The molecule has 0 bridgehead atoms. The zero-order valence-electron chi connectivity index (χ0n) is 19.6. The Morgan fingerprint density at radius 1 is 1.14 bits per heavy atom. The molecule has 5 aromatic rings. The molecule has 0 saturated heterocycles. The van der Waals surface area contributed by atoms with Crippen LogP contribution in [0.5, 0.6) is 5.75 Å². The molecule has 186 valence electrons. The van der Waals surface area contributed by atoms with Crippen LogP contribution < -0.4 is 26.2 Å². The Bertz CT molecular complexity index is 1650. The van der Waals surface area contributed by atoms with Crippen LogP contribution in [0, 0.1) is 0 Å². The first kappa shape index (κ1) is 22.7. The largest absolute Gasteiger partial charge is 0.490 e. The van der Waals surface area contributed by atoms with Crippen LogP contribution in [-0.2, 0) is 6.54 Å². The van der Waals surface area contributed by atoms with E-state index in [1.54, 1.807) is 17.1 Å². The van der Waals surface area contributed by atoms with Gasteiger partial charge in [0, 0.05) is 12.2 Å². The molecule has 0 spiro atoms. The third kappa shape index (κ3) is 4.27. The summed E-state index contributed by atoms with van der Waals surface area (Å²) in [5.41, 5.74) is 8.53. The van der Waals surface area contributed by atoms with Gasteiger partial charge in [0.05, 0.1) is 34.9 Å². The minimum Gasteiger partial charge on any atom is -0.490 e. The lowest BCUT2D eigenvalue weighted by atomic mass is 10.1. The predicted molar refractivity (Wildman–Crippen MR) is 141 cm³/mol. The summed E-state index contributed by atoms with van der Waals surface area (Å²) in [6.45, 7) is 2.08. The molecule has 3 N–H and O–H groups in total. The van der Waals surface area contributed by atoms with Crippen molar-refractivity contribution in [3.8, 4) is 11.4 Å². The molecule has 0 fully saturated rings. The van der Waals surface area contributed by atoms with Crippen molar-refractivity contribution >= 4 is 44.8 Å². The van der Waals surface area contributed by atoms with Crippen LogP contribution in [0.25, 0.3) is 16.0 Å². The number of rotatable bonds is 6. The van der Waals surface area contributed by atoms with Gasteiger partial charge in [-0.2, -0.15) is 5.10 Å². The smallest absolute Gasteiger partial charge is 0.298 e. The van der Waals surface area contributed by atoms with E-state index in [-0.39, 0.29) is 11.7 Å². The Morgan fingerprint density at radius 2 is 2.00 bits per heavy atom. The first-order valence-corrected chi connectivity index (χ1v) is 12.4. The second kappa shape index (κ2) is 9.39. The van der Waals surface area contributed by atoms with Crippen LogP contribution in [0.3, 0.4) is 0 Å². The number of benzene rings is 2. The van der Waals surface area contributed by atoms with Gasteiger partial charge in [0.15, 0.2) is 5.82 Å². The van der Waals surface area contributed by atoms with E-state index in [1.165, 1.54) is 22.2 Å². The van der Waals surface area contributed by atoms with Gasteiger partial charge >= 0.3 is 0 Å². The highest BCUT2D eigenvalue weighted by atomic mass is 32.1. The summed E-state index contributed by atoms with van der Waals surface area (Å²) in [5, 5.41) is 6.89. The topological polar surface area (TPSA) is 133 Å². The summed E-state index contributed by atoms with van der Waals surface area (Å²) in [7, 11) is 0. The van der Waals surface area contributed by atoms with Gasteiger partial charge in [-0.1, -0.05) is 18.2 Å². The van der Waals surface area contributed by atoms with Gasteiger partial charge in [0.25, 0.3) is 11.5 Å². The zero-order valence-corrected chi connectivity index (χ0v) is 20.4. The van der Waals surface area contributed by atoms with E-state index in [2.05, 4.69) is 25.3 Å². The number of hydrogen-bond acceptors (Lipinski definition) is 9. The van der Waals surface area contributed by atoms with Crippen LogP contribution >= 0.6 is 11.3 Å². The average molecular weight is 515 g/mol. The molecule has 37 heavy (non-hydrogen) atoms.